The second-order valence-electron chi connectivity index (χ2n) is 9.28. The molecule has 3 N–H and O–H groups in total. The van der Waals surface area contributed by atoms with Crippen LogP contribution in [0.5, 0.6) is 0 Å². The zero-order valence-electron chi connectivity index (χ0n) is 20.7. The average molecular weight is 506 g/mol. The number of carbonyl (C=O) groups is 2. The number of aromatic nitrogens is 4. The number of nitrogens with zero attached hydrogens (tertiary/aromatic N) is 5. The quantitative estimate of drug-likeness (QED) is 0.375. The van der Waals surface area contributed by atoms with Crippen molar-refractivity contribution in [2.75, 3.05) is 32.6 Å². The third kappa shape index (κ3) is 4.44. The molecule has 37 heavy (non-hydrogen) atoms. The fourth-order valence-corrected chi connectivity index (χ4v) is 4.98. The number of hydrogen-bond donors (Lipinski definition) is 2. The normalized spacial score (nSPS) is 19.1. The zero-order valence-corrected chi connectivity index (χ0v) is 20.7. The van der Waals surface area contributed by atoms with Gasteiger partial charge in [-0.3, -0.25) is 9.59 Å². The van der Waals surface area contributed by atoms with Gasteiger partial charge in [0.15, 0.2) is 5.69 Å². The molecular formula is C26H28FN7O3. The molecule has 2 atom stereocenters. The van der Waals surface area contributed by atoms with E-state index in [1.165, 1.54) is 12.1 Å². The molecule has 2 fully saturated rings. The molecule has 1 aliphatic carbocycles. The molecule has 2 amide bonds. The Bertz CT molecular complexity index is 1460. The Morgan fingerprint density at radius 2 is 2.11 bits per heavy atom. The molecule has 0 bridgehead atoms. The molecule has 1 saturated heterocycles. The van der Waals surface area contributed by atoms with E-state index >= 15 is 0 Å². The van der Waals surface area contributed by atoms with Crippen LogP contribution in [0.3, 0.4) is 0 Å². The molecule has 5 rings (SSSR count). The van der Waals surface area contributed by atoms with Crippen LogP contribution in [0.1, 0.15) is 53.0 Å². The first-order valence-corrected chi connectivity index (χ1v) is 12.1. The number of likely N-dealkylation sites (tertiary alicyclic amines) is 1. The van der Waals surface area contributed by atoms with Crippen molar-refractivity contribution in [3.63, 3.8) is 0 Å². The van der Waals surface area contributed by atoms with Gasteiger partial charge in [-0.1, -0.05) is 12.5 Å². The number of rotatable bonds is 7. The number of nitrogens with two attached hydrogens (primary N) is 1. The number of imidazole rings is 1. The molecule has 3 aromatic rings. The maximum Gasteiger partial charge on any atom is 0.255 e. The Morgan fingerprint density at radius 1 is 1.32 bits per heavy atom. The first-order valence-electron chi connectivity index (χ1n) is 12.1. The Hall–Kier alpha value is -4.17. The fourth-order valence-electron chi connectivity index (χ4n) is 4.98. The lowest BCUT2D eigenvalue weighted by Crippen LogP contribution is -2.37. The van der Waals surface area contributed by atoms with Crippen LogP contribution in [0, 0.1) is 17.7 Å². The van der Waals surface area contributed by atoms with Crippen molar-refractivity contribution in [2.45, 2.75) is 37.4 Å². The summed E-state index contributed by atoms with van der Waals surface area (Å²) >= 11 is 0. The second kappa shape index (κ2) is 9.71. The number of nitrogens with one attached hydrogen (secondary N) is 1. The van der Waals surface area contributed by atoms with Crippen LogP contribution in [-0.4, -0.2) is 69.4 Å². The Balaban J connectivity index is 1.52. The Kier molecular flexibility index (Phi) is 6.43. The number of primary amides is 1. The van der Waals surface area contributed by atoms with E-state index in [0.29, 0.717) is 36.9 Å². The van der Waals surface area contributed by atoms with Gasteiger partial charge in [0.2, 0.25) is 5.91 Å². The van der Waals surface area contributed by atoms with Gasteiger partial charge < -0.3 is 25.3 Å². The van der Waals surface area contributed by atoms with Crippen molar-refractivity contribution >= 4 is 28.7 Å². The third-order valence-electron chi connectivity index (χ3n) is 6.87. The fraction of sp³-hybridized carbons (Fsp3) is 0.385. The average Bonchev–Trinajstić information content (AvgIpc) is 3.33. The van der Waals surface area contributed by atoms with Gasteiger partial charge in [-0.05, 0) is 37.3 Å². The van der Waals surface area contributed by atoms with E-state index in [1.807, 2.05) is 4.57 Å². The number of methoxy groups -OCH3 is 1. The predicted octanol–water partition coefficient (Wildman–Crippen LogP) is 2.22. The summed E-state index contributed by atoms with van der Waals surface area (Å²) in [5, 5.41) is 7.56. The standard InChI is InChI=1S/C26H28FN7O3/c1-4-23(35)32-12-17(10-18(32)13-37-3)34-26(29-2)24(25(28)36)20(31-34)8-5-15-9-21-22(11-19(15)27)33(14-30-21)16-6-7-16/h4,9,11,14,16-18,29H,1,6-7,10,12-13H2,2-3H3,(H2,28,36)/t17?,18-/m1/s1. The van der Waals surface area contributed by atoms with Gasteiger partial charge in [0.1, 0.15) is 17.2 Å². The van der Waals surface area contributed by atoms with E-state index in [4.69, 9.17) is 10.5 Å². The molecule has 0 radical (unpaired) electrons. The minimum Gasteiger partial charge on any atom is -0.383 e. The number of ether oxygens (including phenoxy) is 1. The smallest absolute Gasteiger partial charge is 0.255 e. The van der Waals surface area contributed by atoms with Crippen LogP contribution in [-0.2, 0) is 9.53 Å². The van der Waals surface area contributed by atoms with Gasteiger partial charge in [-0.15, -0.1) is 0 Å². The maximum absolute atomic E-state index is 15.0. The van der Waals surface area contributed by atoms with Crippen molar-refractivity contribution in [3.8, 4) is 11.8 Å². The van der Waals surface area contributed by atoms with Gasteiger partial charge in [0.25, 0.3) is 5.91 Å². The van der Waals surface area contributed by atoms with E-state index in [-0.39, 0.29) is 34.8 Å². The summed E-state index contributed by atoms with van der Waals surface area (Å²) < 4.78 is 23.9. The summed E-state index contributed by atoms with van der Waals surface area (Å²) in [7, 11) is 3.22. The summed E-state index contributed by atoms with van der Waals surface area (Å²) in [6, 6.07) is 2.97. The molecule has 10 nitrogen and oxygen atoms in total. The number of fused-ring (bicyclic) bond motifs is 1. The first-order chi connectivity index (χ1) is 17.9. The highest BCUT2D eigenvalue weighted by molar-refractivity contribution is 6.00. The summed E-state index contributed by atoms with van der Waals surface area (Å²) in [5.41, 5.74) is 7.45. The van der Waals surface area contributed by atoms with Gasteiger partial charge >= 0.3 is 0 Å². The zero-order chi connectivity index (χ0) is 26.3. The molecule has 2 aromatic heterocycles. The summed E-state index contributed by atoms with van der Waals surface area (Å²) in [4.78, 5) is 30.9. The summed E-state index contributed by atoms with van der Waals surface area (Å²) in [6.07, 6.45) is 5.66. The van der Waals surface area contributed by atoms with E-state index in [1.54, 1.807) is 36.1 Å². The van der Waals surface area contributed by atoms with E-state index in [9.17, 15) is 14.0 Å². The van der Waals surface area contributed by atoms with Gasteiger partial charge in [-0.2, -0.15) is 5.10 Å². The molecule has 2 aliphatic rings. The van der Waals surface area contributed by atoms with Gasteiger partial charge in [0, 0.05) is 32.8 Å². The Labute approximate surface area is 213 Å². The molecule has 1 saturated carbocycles. The topological polar surface area (TPSA) is 120 Å². The number of anilines is 1. The minimum absolute atomic E-state index is 0.103. The molecule has 1 aromatic carbocycles. The number of carbonyl (C=O) groups excluding carboxylic acids is 2. The third-order valence-corrected chi connectivity index (χ3v) is 6.87. The molecule has 1 unspecified atom stereocenters. The lowest BCUT2D eigenvalue weighted by atomic mass is 10.1. The molecular weight excluding hydrogens is 477 g/mol. The number of amides is 2. The van der Waals surface area contributed by atoms with Crippen molar-refractivity contribution < 1.29 is 18.7 Å². The van der Waals surface area contributed by atoms with E-state index in [0.717, 1.165) is 18.4 Å². The van der Waals surface area contributed by atoms with Crippen molar-refractivity contribution in [1.29, 1.82) is 0 Å². The lowest BCUT2D eigenvalue weighted by Gasteiger charge is -2.22. The maximum atomic E-state index is 15.0. The van der Waals surface area contributed by atoms with Crippen LogP contribution < -0.4 is 11.1 Å². The second-order valence-corrected chi connectivity index (χ2v) is 9.28. The number of benzene rings is 1. The highest BCUT2D eigenvalue weighted by Gasteiger charge is 2.38. The molecule has 192 valence electrons. The molecule has 3 heterocycles. The highest BCUT2D eigenvalue weighted by atomic mass is 19.1. The molecule has 0 spiro atoms. The van der Waals surface area contributed by atoms with E-state index < -0.39 is 11.7 Å². The van der Waals surface area contributed by atoms with E-state index in [2.05, 4.69) is 33.8 Å². The van der Waals surface area contributed by atoms with Crippen LogP contribution in [0.4, 0.5) is 10.2 Å². The predicted molar refractivity (Wildman–Crippen MR) is 135 cm³/mol. The van der Waals surface area contributed by atoms with Crippen molar-refractivity contribution in [1.82, 2.24) is 24.2 Å². The highest BCUT2D eigenvalue weighted by Crippen LogP contribution is 2.37. The monoisotopic (exact) mass is 505 g/mol. The SMILES string of the molecule is C=CC(=O)N1CC(n2nc(C#Cc3cc4ncn(C5CC5)c4cc3F)c(C(N)=O)c2NC)C[C@@H]1COC. The van der Waals surface area contributed by atoms with Gasteiger partial charge in [-0.25, -0.2) is 14.1 Å². The lowest BCUT2D eigenvalue weighted by molar-refractivity contribution is -0.127. The number of halogens is 1. The minimum atomic E-state index is -0.718. The molecule has 1 aliphatic heterocycles. The van der Waals surface area contributed by atoms with Crippen molar-refractivity contribution in [2.24, 2.45) is 5.73 Å². The number of hydrogen-bond acceptors (Lipinski definition) is 6. The molecule has 11 heteroatoms. The first kappa shape index (κ1) is 24.5. The van der Waals surface area contributed by atoms with Crippen LogP contribution in [0.2, 0.25) is 0 Å². The summed E-state index contributed by atoms with van der Waals surface area (Å²) in [5.74, 6) is 4.62. The van der Waals surface area contributed by atoms with Gasteiger partial charge in [0.05, 0.1) is 41.6 Å². The Morgan fingerprint density at radius 3 is 2.76 bits per heavy atom. The van der Waals surface area contributed by atoms with Crippen LogP contribution in [0.15, 0.2) is 31.1 Å². The van der Waals surface area contributed by atoms with Crippen LogP contribution in [0.25, 0.3) is 11.0 Å². The van der Waals surface area contributed by atoms with Crippen molar-refractivity contribution in [3.05, 3.63) is 53.8 Å². The summed E-state index contributed by atoms with van der Waals surface area (Å²) in [6.45, 7) is 4.27. The largest absolute Gasteiger partial charge is 0.383 e. The van der Waals surface area contributed by atoms with Crippen LogP contribution >= 0.6 is 0 Å².